The van der Waals surface area contributed by atoms with Crippen molar-refractivity contribution in [3.05, 3.63) is 52.3 Å². The Bertz CT molecular complexity index is 1050. The fraction of sp³-hybridized carbons (Fsp3) is 0.364. The van der Waals surface area contributed by atoms with Crippen LogP contribution >= 0.6 is 0 Å². The summed E-state index contributed by atoms with van der Waals surface area (Å²) in [6.07, 6.45) is 2.66. The number of nitrogens with one attached hydrogen (secondary N) is 2. The minimum atomic E-state index is -1.30. The summed E-state index contributed by atoms with van der Waals surface area (Å²) in [5.41, 5.74) is 9.24. The van der Waals surface area contributed by atoms with Crippen LogP contribution in [0.1, 0.15) is 63.7 Å². The first kappa shape index (κ1) is 22.1. The maximum atomic E-state index is 12.7. The molecule has 1 fully saturated rings. The number of hydrogen-bond acceptors (Lipinski definition) is 4. The number of aliphatic imine (C=N–C) groups is 1. The number of nitrogens with zero attached hydrogens (tertiary/aromatic N) is 2. The fourth-order valence-corrected chi connectivity index (χ4v) is 3.19. The Morgan fingerprint density at radius 2 is 2.00 bits per heavy atom. The van der Waals surface area contributed by atoms with Crippen molar-refractivity contribution in [1.29, 1.82) is 0 Å². The highest BCUT2D eigenvalue weighted by atomic mass is 16.4. The van der Waals surface area contributed by atoms with Crippen LogP contribution in [0.4, 0.5) is 10.5 Å². The fourth-order valence-electron chi connectivity index (χ4n) is 3.19. The smallest absolute Gasteiger partial charge is 0.414 e. The summed E-state index contributed by atoms with van der Waals surface area (Å²) in [7, 11) is 0. The Hall–Kier alpha value is -3.62. The third-order valence-electron chi connectivity index (χ3n) is 5.17. The predicted octanol–water partition coefficient (Wildman–Crippen LogP) is 3.09. The Labute approximate surface area is 180 Å². The normalized spacial score (nSPS) is 13.7. The number of imide groups is 1. The zero-order chi connectivity index (χ0) is 22.7. The molecular weight excluding hydrogens is 398 g/mol. The van der Waals surface area contributed by atoms with Crippen LogP contribution in [-0.4, -0.2) is 51.3 Å². The minimum Gasteiger partial charge on any atom is -0.465 e. The van der Waals surface area contributed by atoms with E-state index in [1.165, 1.54) is 6.20 Å². The molecule has 0 bridgehead atoms. The lowest BCUT2D eigenvalue weighted by Gasteiger charge is -2.16. The monoisotopic (exact) mass is 425 g/mol. The zero-order valence-corrected chi connectivity index (χ0v) is 17.9. The van der Waals surface area contributed by atoms with Crippen LogP contribution in [0.5, 0.6) is 0 Å². The van der Waals surface area contributed by atoms with Crippen molar-refractivity contribution in [2.45, 2.75) is 46.1 Å². The van der Waals surface area contributed by atoms with Gasteiger partial charge in [-0.15, -0.1) is 0 Å². The van der Waals surface area contributed by atoms with E-state index in [0.717, 1.165) is 23.3 Å². The molecule has 3 amide bonds. The summed E-state index contributed by atoms with van der Waals surface area (Å²) in [5, 5.41) is 12.3. The van der Waals surface area contributed by atoms with Gasteiger partial charge in [-0.05, 0) is 56.4 Å². The molecule has 0 spiro atoms. The summed E-state index contributed by atoms with van der Waals surface area (Å²) in [4.78, 5) is 44.6. The van der Waals surface area contributed by atoms with Crippen LogP contribution < -0.4 is 11.1 Å². The standard InChI is InChI=1S/C22H27N5O4/c1-4-9-27(22(30)31)21(29)16-11-24-18(13(16)3)19(23)26-17-10-14(6-5-12(17)2)20(28)25-15-7-8-15/h5-6,10-11,15,24H,4,7-9H2,1-3H3,(H2,23,26)(H,25,28)(H,30,31). The summed E-state index contributed by atoms with van der Waals surface area (Å²) in [5.74, 6) is -0.625. The molecule has 164 valence electrons. The molecule has 1 saturated carbocycles. The van der Waals surface area contributed by atoms with Gasteiger partial charge in [0.2, 0.25) is 0 Å². The number of aromatic nitrogens is 1. The van der Waals surface area contributed by atoms with Crippen LogP contribution in [-0.2, 0) is 0 Å². The number of aromatic amines is 1. The maximum absolute atomic E-state index is 12.7. The second kappa shape index (κ2) is 9.03. The van der Waals surface area contributed by atoms with Crippen molar-refractivity contribution < 1.29 is 19.5 Å². The quantitative estimate of drug-likeness (QED) is 0.398. The van der Waals surface area contributed by atoms with E-state index in [-0.39, 0.29) is 29.9 Å². The van der Waals surface area contributed by atoms with E-state index in [1.807, 2.05) is 6.92 Å². The molecule has 9 heteroatoms. The van der Waals surface area contributed by atoms with Crippen molar-refractivity contribution in [3.63, 3.8) is 0 Å². The van der Waals surface area contributed by atoms with Crippen LogP contribution in [0, 0.1) is 13.8 Å². The molecule has 0 aliphatic heterocycles. The molecule has 0 unspecified atom stereocenters. The highest BCUT2D eigenvalue weighted by molar-refractivity contribution is 6.07. The molecule has 5 N–H and O–H groups in total. The van der Waals surface area contributed by atoms with Gasteiger partial charge in [0.05, 0.1) is 16.9 Å². The average molecular weight is 425 g/mol. The van der Waals surface area contributed by atoms with E-state index in [1.54, 1.807) is 32.0 Å². The second-order valence-corrected chi connectivity index (χ2v) is 7.69. The zero-order valence-electron chi connectivity index (χ0n) is 17.9. The molecule has 1 aliphatic carbocycles. The van der Waals surface area contributed by atoms with Crippen molar-refractivity contribution >= 4 is 29.4 Å². The number of amidine groups is 1. The molecule has 1 aliphatic rings. The van der Waals surface area contributed by atoms with E-state index in [4.69, 9.17) is 5.73 Å². The number of carbonyl (C=O) groups is 3. The summed E-state index contributed by atoms with van der Waals surface area (Å²) < 4.78 is 0. The SMILES string of the molecule is CCCN(C(=O)O)C(=O)c1c[nH]c(C(N)=Nc2cc(C(=O)NC3CC3)ccc2C)c1C. The number of carbonyl (C=O) groups excluding carboxylic acids is 2. The van der Waals surface area contributed by atoms with Crippen LogP contribution in [0.2, 0.25) is 0 Å². The van der Waals surface area contributed by atoms with E-state index < -0.39 is 12.0 Å². The molecule has 9 nitrogen and oxygen atoms in total. The Kier molecular flexibility index (Phi) is 6.43. The third-order valence-corrected chi connectivity index (χ3v) is 5.17. The van der Waals surface area contributed by atoms with Gasteiger partial charge >= 0.3 is 6.09 Å². The first-order valence-electron chi connectivity index (χ1n) is 10.2. The van der Waals surface area contributed by atoms with Crippen LogP contribution in [0.3, 0.4) is 0 Å². The van der Waals surface area contributed by atoms with E-state index in [9.17, 15) is 19.5 Å². The van der Waals surface area contributed by atoms with E-state index in [0.29, 0.717) is 28.9 Å². The molecule has 1 aromatic heterocycles. The Morgan fingerprint density at radius 3 is 2.61 bits per heavy atom. The number of hydrogen-bond donors (Lipinski definition) is 4. The van der Waals surface area contributed by atoms with Gasteiger partial charge in [0.1, 0.15) is 5.84 Å². The summed E-state index contributed by atoms with van der Waals surface area (Å²) >= 11 is 0. The van der Waals surface area contributed by atoms with Crippen LogP contribution in [0.15, 0.2) is 29.4 Å². The van der Waals surface area contributed by atoms with Gasteiger partial charge < -0.3 is 21.1 Å². The van der Waals surface area contributed by atoms with Crippen molar-refractivity contribution in [3.8, 4) is 0 Å². The number of amides is 3. The average Bonchev–Trinajstić information content (AvgIpc) is 3.45. The first-order valence-corrected chi connectivity index (χ1v) is 10.2. The Morgan fingerprint density at radius 1 is 1.29 bits per heavy atom. The molecule has 0 atom stereocenters. The first-order chi connectivity index (χ1) is 14.7. The van der Waals surface area contributed by atoms with Gasteiger partial charge in [-0.25, -0.2) is 14.7 Å². The van der Waals surface area contributed by atoms with Gasteiger partial charge in [0.15, 0.2) is 0 Å². The van der Waals surface area contributed by atoms with Gasteiger partial charge in [0.25, 0.3) is 11.8 Å². The predicted molar refractivity (Wildman–Crippen MR) is 117 cm³/mol. The van der Waals surface area contributed by atoms with Gasteiger partial charge in [0, 0.05) is 24.3 Å². The maximum Gasteiger partial charge on any atom is 0.414 e. The molecule has 31 heavy (non-hydrogen) atoms. The molecule has 2 aromatic rings. The van der Waals surface area contributed by atoms with Gasteiger partial charge in [-0.3, -0.25) is 9.59 Å². The van der Waals surface area contributed by atoms with E-state index >= 15 is 0 Å². The number of aryl methyl sites for hydroxylation is 1. The molecule has 0 saturated heterocycles. The number of benzene rings is 1. The Balaban J connectivity index is 1.88. The van der Waals surface area contributed by atoms with E-state index in [2.05, 4.69) is 15.3 Å². The van der Waals surface area contributed by atoms with Crippen molar-refractivity contribution in [2.75, 3.05) is 6.54 Å². The van der Waals surface area contributed by atoms with Crippen LogP contribution in [0.25, 0.3) is 0 Å². The van der Waals surface area contributed by atoms with Gasteiger partial charge in [-0.2, -0.15) is 0 Å². The lowest BCUT2D eigenvalue weighted by Crippen LogP contribution is -2.36. The molecule has 1 aromatic carbocycles. The molecule has 0 radical (unpaired) electrons. The molecular formula is C22H27N5O4. The second-order valence-electron chi connectivity index (χ2n) is 7.69. The largest absolute Gasteiger partial charge is 0.465 e. The third kappa shape index (κ3) is 4.93. The number of nitrogens with two attached hydrogens (primary N) is 1. The highest BCUT2D eigenvalue weighted by Crippen LogP contribution is 2.24. The lowest BCUT2D eigenvalue weighted by molar-refractivity contribution is 0.0741. The van der Waals surface area contributed by atoms with Gasteiger partial charge in [-0.1, -0.05) is 13.0 Å². The summed E-state index contributed by atoms with van der Waals surface area (Å²) in [6, 6.07) is 5.48. The van der Waals surface area contributed by atoms with Crippen molar-refractivity contribution in [2.24, 2.45) is 10.7 Å². The molecule has 1 heterocycles. The lowest BCUT2D eigenvalue weighted by atomic mass is 10.1. The minimum absolute atomic E-state index is 0.104. The van der Waals surface area contributed by atoms with Crippen molar-refractivity contribution in [1.82, 2.24) is 15.2 Å². The number of H-pyrrole nitrogens is 1. The number of rotatable bonds is 7. The topological polar surface area (TPSA) is 141 Å². The molecule has 3 rings (SSSR count). The number of carboxylic acid groups (broad SMARTS) is 1. The highest BCUT2D eigenvalue weighted by Gasteiger charge is 2.26. The summed E-state index contributed by atoms with van der Waals surface area (Å²) in [6.45, 7) is 5.44.